The third kappa shape index (κ3) is 5.07. The second-order valence-electron chi connectivity index (χ2n) is 6.78. The highest BCUT2D eigenvalue weighted by Crippen LogP contribution is 2.28. The topological polar surface area (TPSA) is 84.5 Å². The lowest BCUT2D eigenvalue weighted by Gasteiger charge is -2.31. The summed E-state index contributed by atoms with van der Waals surface area (Å²) < 4.78 is 10.9. The van der Waals surface area contributed by atoms with Crippen LogP contribution in [-0.2, 0) is 4.74 Å². The van der Waals surface area contributed by atoms with Gasteiger partial charge in [0.1, 0.15) is 5.69 Å². The van der Waals surface area contributed by atoms with E-state index in [2.05, 4.69) is 20.0 Å². The van der Waals surface area contributed by atoms with Gasteiger partial charge in [0, 0.05) is 18.7 Å². The fourth-order valence-electron chi connectivity index (χ4n) is 3.02. The van der Waals surface area contributed by atoms with Gasteiger partial charge >= 0.3 is 0 Å². The Morgan fingerprint density at radius 2 is 2.12 bits per heavy atom. The second-order valence-corrected chi connectivity index (χ2v) is 6.78. The van der Waals surface area contributed by atoms with E-state index in [0.29, 0.717) is 24.9 Å². The van der Waals surface area contributed by atoms with E-state index < -0.39 is 6.10 Å². The zero-order valence-electron chi connectivity index (χ0n) is 14.8. The average Bonchev–Trinajstić information content (AvgIpc) is 3.11. The Morgan fingerprint density at radius 3 is 2.80 bits per heavy atom. The molecule has 2 aromatic rings. The summed E-state index contributed by atoms with van der Waals surface area (Å²) in [5.41, 5.74) is 0.725. The Balaban J connectivity index is 1.49. The van der Waals surface area contributed by atoms with Crippen molar-refractivity contribution in [2.45, 2.75) is 44.8 Å². The number of aliphatic hydroxyl groups is 1. The van der Waals surface area contributed by atoms with E-state index in [0.717, 1.165) is 31.6 Å². The molecule has 1 aliphatic rings. The Kier molecular flexibility index (Phi) is 6.12. The van der Waals surface area contributed by atoms with Crippen molar-refractivity contribution in [3.63, 3.8) is 0 Å². The number of rotatable bonds is 7. The van der Waals surface area contributed by atoms with Gasteiger partial charge in [0.25, 0.3) is 0 Å². The van der Waals surface area contributed by atoms with Crippen LogP contribution >= 0.6 is 0 Å². The maximum atomic E-state index is 10.0. The first-order valence-corrected chi connectivity index (χ1v) is 8.89. The van der Waals surface area contributed by atoms with Gasteiger partial charge in [-0.05, 0) is 51.9 Å². The first-order valence-electron chi connectivity index (χ1n) is 8.89. The zero-order chi connectivity index (χ0) is 17.6. The number of aliphatic hydroxyl groups excluding tert-OH is 1. The van der Waals surface area contributed by atoms with Crippen LogP contribution in [0.1, 0.15) is 38.5 Å². The number of hydrogen-bond donors (Lipinski definition) is 1. The number of ether oxygens (including phenoxy) is 1. The third-order valence-electron chi connectivity index (χ3n) is 4.36. The molecule has 1 atom stereocenters. The average molecular weight is 346 g/mol. The minimum Gasteiger partial charge on any atom is -0.389 e. The molecule has 3 rings (SSSR count). The molecule has 1 fully saturated rings. The molecular weight excluding hydrogens is 320 g/mol. The molecule has 3 heterocycles. The molecule has 0 bridgehead atoms. The van der Waals surface area contributed by atoms with Gasteiger partial charge in [-0.25, -0.2) is 0 Å². The molecule has 1 saturated heterocycles. The standard InChI is InChI=1S/C18H26N4O3/c1-13(2)24-12-15(23)11-22-9-6-14(7-10-22)18-20-17(21-25-18)16-5-3-4-8-19-16/h3-5,8,13-15,23H,6-7,9-12H2,1-2H3. The van der Waals surface area contributed by atoms with Gasteiger partial charge < -0.3 is 19.3 Å². The molecule has 25 heavy (non-hydrogen) atoms. The van der Waals surface area contributed by atoms with Crippen LogP contribution < -0.4 is 0 Å². The van der Waals surface area contributed by atoms with E-state index in [1.54, 1.807) is 6.20 Å². The lowest BCUT2D eigenvalue weighted by Crippen LogP contribution is -2.40. The Hall–Kier alpha value is -1.83. The van der Waals surface area contributed by atoms with Crippen LogP contribution in [0.15, 0.2) is 28.9 Å². The summed E-state index contributed by atoms with van der Waals surface area (Å²) in [6, 6.07) is 5.64. The van der Waals surface area contributed by atoms with E-state index in [-0.39, 0.29) is 12.0 Å². The van der Waals surface area contributed by atoms with Gasteiger partial charge in [-0.1, -0.05) is 11.2 Å². The number of nitrogens with zero attached hydrogens (tertiary/aromatic N) is 4. The van der Waals surface area contributed by atoms with Crippen LogP contribution in [0.2, 0.25) is 0 Å². The molecule has 0 aromatic carbocycles. The first-order chi connectivity index (χ1) is 12.1. The van der Waals surface area contributed by atoms with Crippen LogP contribution in [0.3, 0.4) is 0 Å². The van der Waals surface area contributed by atoms with Crippen molar-refractivity contribution in [2.24, 2.45) is 0 Å². The van der Waals surface area contributed by atoms with E-state index in [9.17, 15) is 5.11 Å². The Morgan fingerprint density at radius 1 is 1.32 bits per heavy atom. The van der Waals surface area contributed by atoms with E-state index in [1.807, 2.05) is 32.0 Å². The molecule has 136 valence electrons. The number of piperidine rings is 1. The summed E-state index contributed by atoms with van der Waals surface area (Å²) in [5.74, 6) is 1.49. The molecule has 0 amide bonds. The monoisotopic (exact) mass is 346 g/mol. The molecule has 7 heteroatoms. The molecule has 0 radical (unpaired) electrons. The van der Waals surface area contributed by atoms with Crippen molar-refractivity contribution in [1.82, 2.24) is 20.0 Å². The fourth-order valence-corrected chi connectivity index (χ4v) is 3.02. The number of β-amino-alcohol motifs (C(OH)–C–C–N with tert-alkyl or cyclic N) is 1. The van der Waals surface area contributed by atoms with Crippen molar-refractivity contribution >= 4 is 0 Å². The van der Waals surface area contributed by atoms with Crippen molar-refractivity contribution in [2.75, 3.05) is 26.2 Å². The number of hydrogen-bond acceptors (Lipinski definition) is 7. The minimum atomic E-state index is -0.446. The maximum Gasteiger partial charge on any atom is 0.230 e. The lowest BCUT2D eigenvalue weighted by atomic mass is 9.96. The number of pyridine rings is 1. The van der Waals surface area contributed by atoms with Gasteiger partial charge in [0.2, 0.25) is 11.7 Å². The largest absolute Gasteiger partial charge is 0.389 e. The quantitative estimate of drug-likeness (QED) is 0.822. The smallest absolute Gasteiger partial charge is 0.230 e. The van der Waals surface area contributed by atoms with Crippen LogP contribution in [0, 0.1) is 0 Å². The van der Waals surface area contributed by atoms with Crippen molar-refractivity contribution in [3.8, 4) is 11.5 Å². The fraction of sp³-hybridized carbons (Fsp3) is 0.611. The SMILES string of the molecule is CC(C)OCC(O)CN1CCC(c2nc(-c3ccccn3)no2)CC1. The van der Waals surface area contributed by atoms with Gasteiger partial charge in [0.15, 0.2) is 0 Å². The summed E-state index contributed by atoms with van der Waals surface area (Å²) in [6.45, 7) is 6.79. The summed E-state index contributed by atoms with van der Waals surface area (Å²) in [4.78, 5) is 11.0. The van der Waals surface area contributed by atoms with Crippen LogP contribution in [0.5, 0.6) is 0 Å². The van der Waals surface area contributed by atoms with Crippen molar-refractivity contribution < 1.29 is 14.4 Å². The molecule has 1 N–H and O–H groups in total. The van der Waals surface area contributed by atoms with E-state index in [4.69, 9.17) is 9.26 Å². The molecule has 1 aliphatic heterocycles. The molecule has 1 unspecified atom stereocenters. The van der Waals surface area contributed by atoms with Gasteiger partial charge in [-0.15, -0.1) is 0 Å². The number of aromatic nitrogens is 3. The molecular formula is C18H26N4O3. The predicted molar refractivity (Wildman–Crippen MR) is 93.0 cm³/mol. The van der Waals surface area contributed by atoms with Crippen molar-refractivity contribution in [1.29, 1.82) is 0 Å². The molecule has 7 nitrogen and oxygen atoms in total. The minimum absolute atomic E-state index is 0.145. The van der Waals surface area contributed by atoms with E-state index in [1.165, 1.54) is 0 Å². The van der Waals surface area contributed by atoms with Crippen LogP contribution in [0.4, 0.5) is 0 Å². The Bertz CT molecular complexity index is 639. The Labute approximate surface area is 148 Å². The second kappa shape index (κ2) is 8.51. The highest BCUT2D eigenvalue weighted by atomic mass is 16.5. The molecule has 2 aromatic heterocycles. The highest BCUT2D eigenvalue weighted by molar-refractivity contribution is 5.47. The van der Waals surface area contributed by atoms with E-state index >= 15 is 0 Å². The molecule has 0 spiro atoms. The normalized spacial score (nSPS) is 17.9. The summed E-state index contributed by atoms with van der Waals surface area (Å²) in [6.07, 6.45) is 3.31. The summed E-state index contributed by atoms with van der Waals surface area (Å²) >= 11 is 0. The molecule has 0 aliphatic carbocycles. The number of likely N-dealkylation sites (tertiary alicyclic amines) is 1. The summed E-state index contributed by atoms with van der Waals surface area (Å²) in [7, 11) is 0. The third-order valence-corrected chi connectivity index (χ3v) is 4.36. The van der Waals surface area contributed by atoms with Crippen LogP contribution in [0.25, 0.3) is 11.5 Å². The van der Waals surface area contributed by atoms with Crippen molar-refractivity contribution in [3.05, 3.63) is 30.3 Å². The highest BCUT2D eigenvalue weighted by Gasteiger charge is 2.26. The van der Waals surface area contributed by atoms with Gasteiger partial charge in [-0.2, -0.15) is 4.98 Å². The van der Waals surface area contributed by atoms with Gasteiger partial charge in [0.05, 0.1) is 18.8 Å². The summed E-state index contributed by atoms with van der Waals surface area (Å²) in [5, 5.41) is 14.1. The lowest BCUT2D eigenvalue weighted by molar-refractivity contribution is -0.0115. The predicted octanol–water partition coefficient (Wildman–Crippen LogP) is 2.10. The zero-order valence-corrected chi connectivity index (χ0v) is 14.8. The van der Waals surface area contributed by atoms with Gasteiger partial charge in [-0.3, -0.25) is 4.98 Å². The maximum absolute atomic E-state index is 10.0. The first kappa shape index (κ1) is 18.0. The molecule has 0 saturated carbocycles. The van der Waals surface area contributed by atoms with Crippen LogP contribution in [-0.4, -0.2) is 63.6 Å².